The average molecular weight is 345 g/mol. The Kier molecular flexibility index (Phi) is 7.21. The van der Waals surface area contributed by atoms with Crippen LogP contribution in [0.2, 0.25) is 0 Å². The van der Waals surface area contributed by atoms with Crippen molar-refractivity contribution in [2.24, 2.45) is 0 Å². The van der Waals surface area contributed by atoms with Crippen LogP contribution in [0.25, 0.3) is 11.3 Å². The molecule has 0 aliphatic heterocycles. The molecular weight excluding hydrogens is 322 g/mol. The van der Waals surface area contributed by atoms with Gasteiger partial charge in [-0.3, -0.25) is 4.79 Å². The summed E-state index contributed by atoms with van der Waals surface area (Å²) in [5.41, 5.74) is 2.05. The first kappa shape index (κ1) is 18.4. The Morgan fingerprint density at radius 3 is 2.71 bits per heavy atom. The van der Waals surface area contributed by atoms with E-state index in [1.807, 2.05) is 50.4 Å². The van der Waals surface area contributed by atoms with Crippen LogP contribution < -0.4 is 5.32 Å². The lowest BCUT2D eigenvalue weighted by molar-refractivity contribution is 0.0757. The van der Waals surface area contributed by atoms with Crippen molar-refractivity contribution in [1.29, 1.82) is 0 Å². The van der Waals surface area contributed by atoms with Gasteiger partial charge in [-0.15, -0.1) is 0 Å². The van der Waals surface area contributed by atoms with E-state index in [0.717, 1.165) is 12.0 Å². The Bertz CT molecular complexity index is 663. The average Bonchev–Trinajstić information content (AvgIpc) is 2.61. The second kappa shape index (κ2) is 9.39. The van der Waals surface area contributed by atoms with Gasteiger partial charge in [-0.2, -0.15) is 0 Å². The van der Waals surface area contributed by atoms with Crippen LogP contribution in [0.5, 0.6) is 0 Å². The van der Waals surface area contributed by atoms with E-state index in [9.17, 15) is 4.79 Å². The molecule has 0 bridgehead atoms. The third-order valence-corrected chi connectivity index (χ3v) is 3.86. The van der Waals surface area contributed by atoms with Gasteiger partial charge in [0.05, 0.1) is 17.4 Å². The van der Waals surface area contributed by atoms with Crippen LogP contribution in [-0.4, -0.2) is 41.4 Å². The number of hydrogen-bond acceptors (Lipinski definition) is 5. The molecule has 0 atom stereocenters. The number of aromatic nitrogens is 2. The Morgan fingerprint density at radius 2 is 2.04 bits per heavy atom. The standard InChI is InChI=1S/C18H23N3O2S/c1-13(2)23-11-7-10-19-17(22)15-12-20-18(24-3)21-16(15)14-8-5-4-6-9-14/h4-6,8-9,12-13H,7,10-11H2,1-3H3,(H,19,22). The highest BCUT2D eigenvalue weighted by atomic mass is 32.2. The first-order valence-corrected chi connectivity index (χ1v) is 9.20. The van der Waals surface area contributed by atoms with Gasteiger partial charge in [-0.1, -0.05) is 42.1 Å². The van der Waals surface area contributed by atoms with E-state index in [2.05, 4.69) is 15.3 Å². The Morgan fingerprint density at radius 1 is 1.29 bits per heavy atom. The summed E-state index contributed by atoms with van der Waals surface area (Å²) in [5, 5.41) is 3.56. The van der Waals surface area contributed by atoms with Gasteiger partial charge in [-0.25, -0.2) is 9.97 Å². The number of nitrogens with zero attached hydrogens (tertiary/aromatic N) is 2. The molecule has 1 aromatic carbocycles. The molecule has 2 aromatic rings. The van der Waals surface area contributed by atoms with E-state index in [0.29, 0.717) is 29.6 Å². The van der Waals surface area contributed by atoms with Crippen LogP contribution in [0.3, 0.4) is 0 Å². The summed E-state index contributed by atoms with van der Waals surface area (Å²) in [5.74, 6) is -0.161. The van der Waals surface area contributed by atoms with Crippen LogP contribution in [0.4, 0.5) is 0 Å². The number of hydrogen-bond donors (Lipinski definition) is 1. The maximum Gasteiger partial charge on any atom is 0.255 e. The highest BCUT2D eigenvalue weighted by molar-refractivity contribution is 7.98. The summed E-state index contributed by atoms with van der Waals surface area (Å²) in [6.07, 6.45) is 4.49. The van der Waals surface area contributed by atoms with Crippen LogP contribution >= 0.6 is 11.8 Å². The SMILES string of the molecule is CSc1ncc(C(=O)NCCCOC(C)C)c(-c2ccccc2)n1. The fraction of sp³-hybridized carbons (Fsp3) is 0.389. The maximum absolute atomic E-state index is 12.5. The second-order valence-electron chi connectivity index (χ2n) is 5.51. The predicted molar refractivity (Wildman–Crippen MR) is 97.3 cm³/mol. The Hall–Kier alpha value is -1.92. The van der Waals surface area contributed by atoms with E-state index < -0.39 is 0 Å². The van der Waals surface area contributed by atoms with Gasteiger partial charge >= 0.3 is 0 Å². The molecule has 1 heterocycles. The summed E-state index contributed by atoms with van der Waals surface area (Å²) in [4.78, 5) is 21.3. The summed E-state index contributed by atoms with van der Waals surface area (Å²) in [6.45, 7) is 5.18. The Labute approximate surface area is 147 Å². The third-order valence-electron chi connectivity index (χ3n) is 3.30. The van der Waals surface area contributed by atoms with E-state index >= 15 is 0 Å². The lowest BCUT2D eigenvalue weighted by atomic mass is 10.1. The molecule has 1 aromatic heterocycles. The minimum atomic E-state index is -0.161. The monoisotopic (exact) mass is 345 g/mol. The van der Waals surface area contributed by atoms with Gasteiger partial charge in [0, 0.05) is 24.9 Å². The minimum Gasteiger partial charge on any atom is -0.379 e. The maximum atomic E-state index is 12.5. The third kappa shape index (κ3) is 5.32. The zero-order chi connectivity index (χ0) is 17.4. The zero-order valence-corrected chi connectivity index (χ0v) is 15.1. The molecule has 24 heavy (non-hydrogen) atoms. The van der Waals surface area contributed by atoms with Crippen LogP contribution in [-0.2, 0) is 4.74 Å². The number of thioether (sulfide) groups is 1. The van der Waals surface area contributed by atoms with Crippen LogP contribution in [0.1, 0.15) is 30.6 Å². The number of benzene rings is 1. The van der Waals surface area contributed by atoms with Crippen molar-refractivity contribution in [2.75, 3.05) is 19.4 Å². The van der Waals surface area contributed by atoms with Crippen LogP contribution in [0.15, 0.2) is 41.7 Å². The van der Waals surface area contributed by atoms with Crippen molar-refractivity contribution >= 4 is 17.7 Å². The summed E-state index contributed by atoms with van der Waals surface area (Å²) in [7, 11) is 0. The van der Waals surface area contributed by atoms with Gasteiger partial charge < -0.3 is 10.1 Å². The first-order valence-electron chi connectivity index (χ1n) is 7.98. The number of carbonyl (C=O) groups excluding carboxylic acids is 1. The molecule has 0 saturated carbocycles. The van der Waals surface area contributed by atoms with Crippen molar-refractivity contribution < 1.29 is 9.53 Å². The quantitative estimate of drug-likeness (QED) is 0.451. The van der Waals surface area contributed by atoms with Gasteiger partial charge in [0.15, 0.2) is 5.16 Å². The van der Waals surface area contributed by atoms with Crippen molar-refractivity contribution in [2.45, 2.75) is 31.5 Å². The first-order chi connectivity index (χ1) is 11.6. The predicted octanol–water partition coefficient (Wildman–Crippen LogP) is 3.41. The second-order valence-corrected chi connectivity index (χ2v) is 6.29. The molecule has 0 aliphatic carbocycles. The molecule has 0 spiro atoms. The summed E-state index contributed by atoms with van der Waals surface area (Å²) in [6, 6.07) is 9.69. The highest BCUT2D eigenvalue weighted by Crippen LogP contribution is 2.23. The van der Waals surface area contributed by atoms with E-state index in [1.54, 1.807) is 6.20 Å². The molecule has 0 radical (unpaired) electrons. The molecule has 0 aliphatic rings. The van der Waals surface area contributed by atoms with E-state index in [4.69, 9.17) is 4.74 Å². The minimum absolute atomic E-state index is 0.161. The molecule has 128 valence electrons. The number of rotatable bonds is 8. The number of amides is 1. The van der Waals surface area contributed by atoms with E-state index in [-0.39, 0.29) is 12.0 Å². The highest BCUT2D eigenvalue weighted by Gasteiger charge is 2.15. The summed E-state index contributed by atoms with van der Waals surface area (Å²) < 4.78 is 5.47. The fourth-order valence-electron chi connectivity index (χ4n) is 2.13. The normalized spacial score (nSPS) is 10.8. The zero-order valence-electron chi connectivity index (χ0n) is 14.3. The molecule has 1 amide bonds. The lowest BCUT2D eigenvalue weighted by Crippen LogP contribution is -2.26. The van der Waals surface area contributed by atoms with Gasteiger partial charge in [0.2, 0.25) is 0 Å². The van der Waals surface area contributed by atoms with Gasteiger partial charge in [0.1, 0.15) is 0 Å². The van der Waals surface area contributed by atoms with E-state index in [1.165, 1.54) is 11.8 Å². The summed E-state index contributed by atoms with van der Waals surface area (Å²) >= 11 is 1.45. The Balaban J connectivity index is 2.10. The molecule has 0 saturated heterocycles. The molecular formula is C18H23N3O2S. The van der Waals surface area contributed by atoms with Crippen molar-refractivity contribution in [3.05, 3.63) is 42.1 Å². The van der Waals surface area contributed by atoms with Crippen molar-refractivity contribution in [3.63, 3.8) is 0 Å². The molecule has 1 N–H and O–H groups in total. The lowest BCUT2D eigenvalue weighted by Gasteiger charge is -2.11. The van der Waals surface area contributed by atoms with Crippen LogP contribution in [0, 0.1) is 0 Å². The smallest absolute Gasteiger partial charge is 0.255 e. The molecule has 5 nitrogen and oxygen atoms in total. The van der Waals surface area contributed by atoms with Gasteiger partial charge in [0.25, 0.3) is 5.91 Å². The molecule has 0 unspecified atom stereocenters. The largest absolute Gasteiger partial charge is 0.379 e. The van der Waals surface area contributed by atoms with Gasteiger partial charge in [-0.05, 0) is 26.5 Å². The number of nitrogens with one attached hydrogen (secondary N) is 1. The molecule has 2 rings (SSSR count). The number of carbonyl (C=O) groups is 1. The van der Waals surface area contributed by atoms with Crippen molar-refractivity contribution in [1.82, 2.24) is 15.3 Å². The number of ether oxygens (including phenoxy) is 1. The molecule has 6 heteroatoms. The molecule has 0 fully saturated rings. The topological polar surface area (TPSA) is 64.1 Å². The van der Waals surface area contributed by atoms with Crippen molar-refractivity contribution in [3.8, 4) is 11.3 Å². The fourth-order valence-corrected chi connectivity index (χ4v) is 2.48.